The van der Waals surface area contributed by atoms with Crippen molar-refractivity contribution in [1.29, 1.82) is 0 Å². The summed E-state index contributed by atoms with van der Waals surface area (Å²) in [6.45, 7) is 6.12. The van der Waals surface area contributed by atoms with Gasteiger partial charge in [-0.15, -0.1) is 6.42 Å². The first-order chi connectivity index (χ1) is 15.6. The fourth-order valence-corrected chi connectivity index (χ4v) is 4.92. The molecule has 1 saturated heterocycles. The van der Waals surface area contributed by atoms with Gasteiger partial charge in [0.05, 0.1) is 18.9 Å². The van der Waals surface area contributed by atoms with Crippen LogP contribution in [0.1, 0.15) is 59.1 Å². The van der Waals surface area contributed by atoms with Crippen LogP contribution in [0.2, 0.25) is 0 Å². The summed E-state index contributed by atoms with van der Waals surface area (Å²) in [5.74, 6) is 2.37. The van der Waals surface area contributed by atoms with Gasteiger partial charge >= 0.3 is 12.0 Å². The van der Waals surface area contributed by atoms with Gasteiger partial charge in [-0.25, -0.2) is 4.98 Å². The number of terminal acetylenes is 1. The highest BCUT2D eigenvalue weighted by molar-refractivity contribution is 5.81. The molecule has 3 N–H and O–H groups in total. The zero-order valence-corrected chi connectivity index (χ0v) is 19.1. The highest BCUT2D eigenvalue weighted by Crippen LogP contribution is 2.43. The van der Waals surface area contributed by atoms with Crippen molar-refractivity contribution in [3.8, 4) is 12.3 Å². The molecule has 2 aromatic heterocycles. The molecule has 1 aliphatic heterocycles. The second-order valence-corrected chi connectivity index (χ2v) is 10.0. The molecule has 2 fully saturated rings. The van der Waals surface area contributed by atoms with Gasteiger partial charge in [0.2, 0.25) is 0 Å². The lowest BCUT2D eigenvalue weighted by molar-refractivity contribution is -0.165. The van der Waals surface area contributed by atoms with Gasteiger partial charge in [-0.3, -0.25) is 9.36 Å². The number of esters is 1. The van der Waals surface area contributed by atoms with Crippen molar-refractivity contribution in [2.45, 2.75) is 70.8 Å². The number of aliphatic hydroxyl groups excluding tert-OH is 1. The molecule has 0 amide bonds. The first kappa shape index (κ1) is 23.4. The van der Waals surface area contributed by atoms with Crippen LogP contribution in [0.15, 0.2) is 6.33 Å². The minimum atomic E-state index is -1.53. The lowest BCUT2D eigenvalue weighted by Gasteiger charge is -2.36. The Balaban J connectivity index is 1.52. The number of fused-ring (bicyclic) bond motifs is 1. The molecule has 3 heterocycles. The monoisotopic (exact) mass is 459 g/mol. The zero-order valence-electron chi connectivity index (χ0n) is 19.1. The Morgan fingerprint density at radius 2 is 2.09 bits per heavy atom. The Morgan fingerprint density at radius 1 is 1.39 bits per heavy atom. The number of nitrogens with zero attached hydrogens (tertiary/aromatic N) is 4. The van der Waals surface area contributed by atoms with Gasteiger partial charge in [0.1, 0.15) is 12.3 Å². The van der Waals surface area contributed by atoms with Crippen LogP contribution < -0.4 is 5.73 Å². The van der Waals surface area contributed by atoms with Crippen molar-refractivity contribution in [3.63, 3.8) is 0 Å². The van der Waals surface area contributed by atoms with Gasteiger partial charge < -0.3 is 20.3 Å². The number of carbonyl (C=O) groups is 1. The van der Waals surface area contributed by atoms with Crippen molar-refractivity contribution < 1.29 is 23.8 Å². The van der Waals surface area contributed by atoms with Crippen molar-refractivity contribution in [1.82, 2.24) is 19.5 Å². The average molecular weight is 460 g/mol. The van der Waals surface area contributed by atoms with E-state index in [-0.39, 0.29) is 40.7 Å². The Bertz CT molecular complexity index is 1080. The third-order valence-corrected chi connectivity index (χ3v) is 7.04. The molecule has 4 rings (SSSR count). The van der Waals surface area contributed by atoms with E-state index in [0.717, 1.165) is 25.7 Å². The van der Waals surface area contributed by atoms with E-state index in [0.29, 0.717) is 5.92 Å². The number of aromatic nitrogens is 4. The molecule has 1 aliphatic carbocycles. The quantitative estimate of drug-likeness (QED) is 0.406. The Kier molecular flexibility index (Phi) is 6.05. The van der Waals surface area contributed by atoms with Gasteiger partial charge in [-0.05, 0) is 37.0 Å². The van der Waals surface area contributed by atoms with E-state index in [2.05, 4.69) is 41.6 Å². The van der Waals surface area contributed by atoms with Crippen LogP contribution >= 0.6 is 0 Å². The van der Waals surface area contributed by atoms with E-state index in [1.54, 1.807) is 0 Å². The molecule has 9 nitrogen and oxygen atoms in total. The van der Waals surface area contributed by atoms with Crippen molar-refractivity contribution in [3.05, 3.63) is 12.4 Å². The van der Waals surface area contributed by atoms with Gasteiger partial charge in [-0.2, -0.15) is 14.4 Å². The van der Waals surface area contributed by atoms with Crippen LogP contribution in [-0.2, 0) is 14.3 Å². The van der Waals surface area contributed by atoms with E-state index in [1.807, 2.05) is 0 Å². The second kappa shape index (κ2) is 8.54. The normalized spacial score (nSPS) is 30.3. The lowest BCUT2D eigenvalue weighted by Crippen LogP contribution is -2.45. The SMILES string of the molecule is C#C[C@]1(CO)O[C@@H](n2cnc3c(N)nc(F)nc32)C[C@@H]1OC(=O)C1CCC(C(C)(C)C)CC1. The number of anilines is 1. The molecule has 2 aromatic rings. The highest BCUT2D eigenvalue weighted by atomic mass is 19.1. The maximum atomic E-state index is 13.8. The van der Waals surface area contributed by atoms with Crippen LogP contribution in [0.5, 0.6) is 0 Å². The van der Waals surface area contributed by atoms with Crippen LogP contribution in [0.3, 0.4) is 0 Å². The van der Waals surface area contributed by atoms with Crippen molar-refractivity contribution in [2.75, 3.05) is 12.3 Å². The number of rotatable bonds is 4. The maximum absolute atomic E-state index is 13.8. The number of aliphatic hydroxyl groups is 1. The summed E-state index contributed by atoms with van der Waals surface area (Å²) < 4.78 is 27.0. The number of carbonyl (C=O) groups excluding carboxylic acids is 1. The smallest absolute Gasteiger partial charge is 0.312 e. The fraction of sp³-hybridized carbons (Fsp3) is 0.652. The molecule has 0 unspecified atom stereocenters. The van der Waals surface area contributed by atoms with Crippen LogP contribution in [0, 0.1) is 35.7 Å². The molecule has 0 radical (unpaired) electrons. The fourth-order valence-electron chi connectivity index (χ4n) is 4.92. The minimum absolute atomic E-state index is 0.103. The molecular weight excluding hydrogens is 429 g/mol. The van der Waals surface area contributed by atoms with E-state index >= 15 is 0 Å². The molecular formula is C23H30FN5O4. The largest absolute Gasteiger partial charge is 0.458 e. The number of halogens is 1. The van der Waals surface area contributed by atoms with Crippen molar-refractivity contribution >= 4 is 23.0 Å². The zero-order chi connectivity index (χ0) is 24.0. The van der Waals surface area contributed by atoms with Gasteiger partial charge in [0, 0.05) is 6.42 Å². The summed E-state index contributed by atoms with van der Waals surface area (Å²) in [5, 5.41) is 10.1. The van der Waals surface area contributed by atoms with E-state index < -0.39 is 30.6 Å². The molecule has 178 valence electrons. The summed E-state index contributed by atoms with van der Waals surface area (Å²) >= 11 is 0. The number of ether oxygens (including phenoxy) is 2. The van der Waals surface area contributed by atoms with Crippen LogP contribution in [0.4, 0.5) is 10.2 Å². The molecule has 0 spiro atoms. The van der Waals surface area contributed by atoms with Crippen molar-refractivity contribution in [2.24, 2.45) is 17.3 Å². The summed E-state index contributed by atoms with van der Waals surface area (Å²) in [7, 11) is 0. The average Bonchev–Trinajstić information content (AvgIpc) is 3.35. The highest BCUT2D eigenvalue weighted by Gasteiger charge is 2.51. The molecule has 1 saturated carbocycles. The predicted molar refractivity (Wildman–Crippen MR) is 118 cm³/mol. The van der Waals surface area contributed by atoms with Gasteiger partial charge in [0.15, 0.2) is 22.6 Å². The molecule has 2 aliphatic rings. The first-order valence-corrected chi connectivity index (χ1v) is 11.2. The van der Waals surface area contributed by atoms with Crippen LogP contribution in [-0.4, -0.2) is 48.9 Å². The summed E-state index contributed by atoms with van der Waals surface area (Å²) in [5.41, 5.74) is 4.75. The molecule has 0 aromatic carbocycles. The Labute approximate surface area is 191 Å². The van der Waals surface area contributed by atoms with E-state index in [4.69, 9.17) is 21.6 Å². The van der Waals surface area contributed by atoms with Gasteiger partial charge in [0.25, 0.3) is 0 Å². The predicted octanol–water partition coefficient (Wildman–Crippen LogP) is 2.60. The number of nitrogens with two attached hydrogens (primary N) is 1. The summed E-state index contributed by atoms with van der Waals surface area (Å²) in [6, 6.07) is 0. The number of hydrogen-bond acceptors (Lipinski definition) is 8. The number of imidazole rings is 1. The van der Waals surface area contributed by atoms with E-state index in [9.17, 15) is 14.3 Å². The van der Waals surface area contributed by atoms with Crippen LogP contribution in [0.25, 0.3) is 11.2 Å². The Morgan fingerprint density at radius 3 is 2.70 bits per heavy atom. The maximum Gasteiger partial charge on any atom is 0.312 e. The van der Waals surface area contributed by atoms with E-state index in [1.165, 1.54) is 10.9 Å². The Hall–Kier alpha value is -2.77. The number of hydrogen-bond donors (Lipinski definition) is 2. The summed E-state index contributed by atoms with van der Waals surface area (Å²) in [4.78, 5) is 24.4. The standard InChI is InChI=1S/C23H30FN5O4/c1-5-23(11-30)15(32-20(31)13-6-8-14(9-7-13)22(2,3)4)10-16(33-23)29-12-26-17-18(25)27-21(24)28-19(17)29/h1,12-16,30H,6-11H2,2-4H3,(H2,25,27,28)/t13?,14?,15-,16+,23+/m0/s1. The first-order valence-electron chi connectivity index (χ1n) is 11.2. The molecule has 3 atom stereocenters. The molecule has 10 heteroatoms. The molecule has 33 heavy (non-hydrogen) atoms. The lowest BCUT2D eigenvalue weighted by atomic mass is 9.70. The summed E-state index contributed by atoms with van der Waals surface area (Å²) in [6.07, 6.45) is 7.99. The number of nitrogen functional groups attached to an aromatic ring is 1. The second-order valence-electron chi connectivity index (χ2n) is 10.0. The molecule has 0 bridgehead atoms. The van der Waals surface area contributed by atoms with Gasteiger partial charge in [-0.1, -0.05) is 26.7 Å². The topological polar surface area (TPSA) is 125 Å². The minimum Gasteiger partial charge on any atom is -0.458 e. The third-order valence-electron chi connectivity index (χ3n) is 7.04. The third kappa shape index (κ3) is 4.27.